The number of carbonyl (C=O) groups is 2. The van der Waals surface area contributed by atoms with Crippen LogP contribution in [-0.4, -0.2) is 28.0 Å². The molecule has 3 N–H and O–H groups in total. The van der Waals surface area contributed by atoms with Gasteiger partial charge in [-0.1, -0.05) is 0 Å². The lowest BCUT2D eigenvalue weighted by molar-refractivity contribution is -0.136. The van der Waals surface area contributed by atoms with E-state index in [0.29, 0.717) is 5.69 Å². The number of hydrogen-bond acceptors (Lipinski definition) is 3. The van der Waals surface area contributed by atoms with E-state index in [1.165, 1.54) is 24.3 Å². The van der Waals surface area contributed by atoms with E-state index < -0.39 is 23.7 Å². The molecule has 1 unspecified atom stereocenters. The van der Waals surface area contributed by atoms with Crippen LogP contribution in [0.2, 0.25) is 0 Å². The SMILES string of the molecule is Cn1cccc1C(O)CCNC(=O)C(=O)Nc1ccc(F)cc1. The molecule has 0 aliphatic carbocycles. The van der Waals surface area contributed by atoms with E-state index in [9.17, 15) is 19.1 Å². The van der Waals surface area contributed by atoms with Crippen molar-refractivity contribution >= 4 is 17.5 Å². The standard InChI is InChI=1S/C16H18FN3O3/c1-20-10-2-3-13(20)14(21)8-9-18-15(22)16(23)19-12-6-4-11(17)5-7-12/h2-7,10,14,21H,8-9H2,1H3,(H,18,22)(H,19,23). The van der Waals surface area contributed by atoms with Gasteiger partial charge in [0.25, 0.3) is 0 Å². The fraction of sp³-hybridized carbons (Fsp3) is 0.250. The van der Waals surface area contributed by atoms with Crippen LogP contribution in [-0.2, 0) is 16.6 Å². The number of nitrogens with zero attached hydrogens (tertiary/aromatic N) is 1. The number of anilines is 1. The Labute approximate surface area is 132 Å². The number of nitrogens with one attached hydrogen (secondary N) is 2. The van der Waals surface area contributed by atoms with Gasteiger partial charge in [-0.2, -0.15) is 0 Å². The molecule has 122 valence electrons. The van der Waals surface area contributed by atoms with Crippen LogP contribution in [0.3, 0.4) is 0 Å². The van der Waals surface area contributed by atoms with Crippen molar-refractivity contribution in [2.24, 2.45) is 7.05 Å². The molecule has 0 bridgehead atoms. The van der Waals surface area contributed by atoms with Crippen molar-refractivity contribution in [1.29, 1.82) is 0 Å². The van der Waals surface area contributed by atoms with Crippen molar-refractivity contribution < 1.29 is 19.1 Å². The molecule has 2 aromatic rings. The zero-order valence-electron chi connectivity index (χ0n) is 12.6. The van der Waals surface area contributed by atoms with Gasteiger partial charge < -0.3 is 20.3 Å². The summed E-state index contributed by atoms with van der Waals surface area (Å²) in [6.07, 6.45) is 1.37. The number of benzene rings is 1. The summed E-state index contributed by atoms with van der Waals surface area (Å²) in [5.41, 5.74) is 1.06. The topological polar surface area (TPSA) is 83.4 Å². The third-order valence-corrected chi connectivity index (χ3v) is 3.34. The summed E-state index contributed by atoms with van der Waals surface area (Å²) in [6.45, 7) is 0.155. The molecule has 0 radical (unpaired) electrons. The molecule has 0 saturated carbocycles. The molecule has 0 fully saturated rings. The Kier molecular flexibility index (Phi) is 5.48. The molecule has 0 aliphatic heterocycles. The first-order valence-corrected chi connectivity index (χ1v) is 7.11. The highest BCUT2D eigenvalue weighted by molar-refractivity contribution is 6.39. The maximum Gasteiger partial charge on any atom is 0.313 e. The summed E-state index contributed by atoms with van der Waals surface area (Å²) in [4.78, 5) is 23.3. The molecule has 0 spiro atoms. The molecule has 0 saturated heterocycles. The summed E-state index contributed by atoms with van der Waals surface area (Å²) in [7, 11) is 1.81. The van der Waals surface area contributed by atoms with E-state index in [4.69, 9.17) is 0 Å². The van der Waals surface area contributed by atoms with Crippen LogP contribution in [0.25, 0.3) is 0 Å². The molecular formula is C16H18FN3O3. The first-order valence-electron chi connectivity index (χ1n) is 7.11. The van der Waals surface area contributed by atoms with Gasteiger partial charge in [-0.15, -0.1) is 0 Å². The van der Waals surface area contributed by atoms with Crippen molar-refractivity contribution in [2.45, 2.75) is 12.5 Å². The molecule has 23 heavy (non-hydrogen) atoms. The third-order valence-electron chi connectivity index (χ3n) is 3.34. The van der Waals surface area contributed by atoms with E-state index in [2.05, 4.69) is 10.6 Å². The number of aliphatic hydroxyl groups is 1. The van der Waals surface area contributed by atoms with E-state index in [-0.39, 0.29) is 13.0 Å². The molecule has 2 amide bonds. The summed E-state index contributed by atoms with van der Waals surface area (Å²) in [5, 5.41) is 14.8. The van der Waals surface area contributed by atoms with Gasteiger partial charge in [0.15, 0.2) is 0 Å². The Bertz CT molecular complexity index is 682. The Morgan fingerprint density at radius 3 is 2.52 bits per heavy atom. The van der Waals surface area contributed by atoms with E-state index >= 15 is 0 Å². The van der Waals surface area contributed by atoms with E-state index in [1.807, 2.05) is 19.3 Å². The van der Waals surface area contributed by atoms with Gasteiger partial charge in [0.1, 0.15) is 5.82 Å². The number of aryl methyl sites for hydroxylation is 1. The minimum atomic E-state index is -0.843. The summed E-state index contributed by atoms with van der Waals surface area (Å²) >= 11 is 0. The first kappa shape index (κ1) is 16.7. The second-order valence-electron chi connectivity index (χ2n) is 5.07. The molecular weight excluding hydrogens is 301 g/mol. The number of amides is 2. The van der Waals surface area contributed by atoms with Crippen molar-refractivity contribution in [3.8, 4) is 0 Å². The second-order valence-corrected chi connectivity index (χ2v) is 5.07. The molecule has 7 heteroatoms. The van der Waals surface area contributed by atoms with Crippen LogP contribution in [0.15, 0.2) is 42.6 Å². The summed E-state index contributed by atoms with van der Waals surface area (Å²) < 4.78 is 14.5. The van der Waals surface area contributed by atoms with Crippen molar-refractivity contribution in [3.05, 3.63) is 54.1 Å². The minimum absolute atomic E-state index is 0.155. The lowest BCUT2D eigenvalue weighted by atomic mass is 10.2. The molecule has 6 nitrogen and oxygen atoms in total. The smallest absolute Gasteiger partial charge is 0.313 e. The second kappa shape index (κ2) is 7.55. The van der Waals surface area contributed by atoms with Gasteiger partial charge in [0.2, 0.25) is 0 Å². The van der Waals surface area contributed by atoms with Crippen LogP contribution >= 0.6 is 0 Å². The predicted molar refractivity (Wildman–Crippen MR) is 83.0 cm³/mol. The minimum Gasteiger partial charge on any atom is -0.387 e. The molecule has 1 heterocycles. The van der Waals surface area contributed by atoms with Gasteiger partial charge in [0, 0.05) is 31.2 Å². The van der Waals surface area contributed by atoms with Gasteiger partial charge in [-0.3, -0.25) is 9.59 Å². The zero-order valence-corrected chi connectivity index (χ0v) is 12.6. The zero-order chi connectivity index (χ0) is 16.8. The summed E-state index contributed by atoms with van der Waals surface area (Å²) in [5.74, 6) is -2.08. The lowest BCUT2D eigenvalue weighted by Gasteiger charge is -2.12. The van der Waals surface area contributed by atoms with Crippen LogP contribution in [0, 0.1) is 5.82 Å². The largest absolute Gasteiger partial charge is 0.387 e. The molecule has 1 aromatic heterocycles. The number of carbonyl (C=O) groups excluding carboxylic acids is 2. The van der Waals surface area contributed by atoms with Gasteiger partial charge in [0.05, 0.1) is 6.10 Å². The van der Waals surface area contributed by atoms with Crippen LogP contribution < -0.4 is 10.6 Å². The van der Waals surface area contributed by atoms with Crippen LogP contribution in [0.1, 0.15) is 18.2 Å². The number of aliphatic hydroxyl groups excluding tert-OH is 1. The molecule has 0 aliphatic rings. The number of hydrogen-bond donors (Lipinski definition) is 3. The number of rotatable bonds is 5. The van der Waals surface area contributed by atoms with Crippen molar-refractivity contribution in [1.82, 2.24) is 9.88 Å². The maximum absolute atomic E-state index is 12.8. The predicted octanol–water partition coefficient (Wildman–Crippen LogP) is 1.34. The fourth-order valence-electron chi connectivity index (χ4n) is 2.09. The molecule has 2 rings (SSSR count). The normalized spacial score (nSPS) is 11.8. The van der Waals surface area contributed by atoms with E-state index in [1.54, 1.807) is 10.6 Å². The number of halogens is 1. The quantitative estimate of drug-likeness (QED) is 0.727. The molecule has 1 atom stereocenters. The van der Waals surface area contributed by atoms with Crippen molar-refractivity contribution in [2.75, 3.05) is 11.9 Å². The Balaban J connectivity index is 1.77. The lowest BCUT2D eigenvalue weighted by Crippen LogP contribution is -2.36. The summed E-state index contributed by atoms with van der Waals surface area (Å²) in [6, 6.07) is 8.69. The van der Waals surface area contributed by atoms with Crippen molar-refractivity contribution in [3.63, 3.8) is 0 Å². The Hall–Kier alpha value is -2.67. The maximum atomic E-state index is 12.8. The van der Waals surface area contributed by atoms with Gasteiger partial charge in [-0.25, -0.2) is 4.39 Å². The van der Waals surface area contributed by atoms with Gasteiger partial charge in [-0.05, 0) is 42.8 Å². The average molecular weight is 319 g/mol. The van der Waals surface area contributed by atoms with Crippen LogP contribution in [0.4, 0.5) is 10.1 Å². The Morgan fingerprint density at radius 1 is 1.22 bits per heavy atom. The molecule has 1 aromatic carbocycles. The highest BCUT2D eigenvalue weighted by Crippen LogP contribution is 2.15. The highest BCUT2D eigenvalue weighted by Gasteiger charge is 2.15. The van der Waals surface area contributed by atoms with E-state index in [0.717, 1.165) is 5.69 Å². The first-order chi connectivity index (χ1) is 11.0. The fourth-order valence-corrected chi connectivity index (χ4v) is 2.09. The highest BCUT2D eigenvalue weighted by atomic mass is 19.1. The monoisotopic (exact) mass is 319 g/mol. The van der Waals surface area contributed by atoms with Gasteiger partial charge >= 0.3 is 11.8 Å². The average Bonchev–Trinajstić information content (AvgIpc) is 2.95. The third kappa shape index (κ3) is 4.65. The Morgan fingerprint density at radius 2 is 1.91 bits per heavy atom. The van der Waals surface area contributed by atoms with Crippen LogP contribution in [0.5, 0.6) is 0 Å². The number of aromatic nitrogens is 1.